The van der Waals surface area contributed by atoms with E-state index in [9.17, 15) is 0 Å². The number of hydrogen-bond acceptors (Lipinski definition) is 2. The molecule has 1 aliphatic rings. The molecule has 0 saturated heterocycles. The number of nitrogens with one attached hydrogen (secondary N) is 1. The first-order valence-corrected chi connectivity index (χ1v) is 7.46. The summed E-state index contributed by atoms with van der Waals surface area (Å²) in [5.41, 5.74) is 2.63. The van der Waals surface area contributed by atoms with Crippen LogP contribution >= 0.6 is 0 Å². The van der Waals surface area contributed by atoms with Gasteiger partial charge < -0.3 is 10.1 Å². The second-order valence-electron chi connectivity index (χ2n) is 6.65. The molecular formula is C17H27NO. The molecule has 0 radical (unpaired) electrons. The summed E-state index contributed by atoms with van der Waals surface area (Å²) in [7, 11) is 0. The maximum atomic E-state index is 6.12. The number of fused-ring (bicyclic) bond motifs is 1. The average molecular weight is 261 g/mol. The summed E-state index contributed by atoms with van der Waals surface area (Å²) < 4.78 is 6.12. The Bertz CT molecular complexity index is 437. The maximum Gasteiger partial charge on any atom is 0.124 e. The van der Waals surface area contributed by atoms with Crippen molar-refractivity contribution < 1.29 is 4.74 Å². The topological polar surface area (TPSA) is 21.3 Å². The Balaban J connectivity index is 2.28. The van der Waals surface area contributed by atoms with Crippen LogP contribution < -0.4 is 10.1 Å². The van der Waals surface area contributed by atoms with Crippen molar-refractivity contribution in [3.63, 3.8) is 0 Å². The van der Waals surface area contributed by atoms with Crippen LogP contribution in [-0.2, 0) is 6.42 Å². The highest BCUT2D eigenvalue weighted by Crippen LogP contribution is 2.39. The molecule has 0 aromatic heterocycles. The minimum absolute atomic E-state index is 0.0879. The maximum absolute atomic E-state index is 6.12. The first-order chi connectivity index (χ1) is 8.91. The Morgan fingerprint density at radius 1 is 1.37 bits per heavy atom. The standard InChI is InChI=1S/C17H27NO/c1-6-13-7-8-16-14(9-13)15(18-11-12(2)3)10-17(4,5)19-16/h7-9,12,15,18H,6,10-11H2,1-5H3. The van der Waals surface area contributed by atoms with Gasteiger partial charge in [0.05, 0.1) is 0 Å². The zero-order valence-electron chi connectivity index (χ0n) is 12.9. The van der Waals surface area contributed by atoms with E-state index in [0.29, 0.717) is 12.0 Å². The molecule has 1 atom stereocenters. The second kappa shape index (κ2) is 5.54. The van der Waals surface area contributed by atoms with Crippen LogP contribution in [0.25, 0.3) is 0 Å². The fraction of sp³-hybridized carbons (Fsp3) is 0.647. The highest BCUT2D eigenvalue weighted by molar-refractivity contribution is 5.41. The molecule has 0 bridgehead atoms. The molecule has 1 unspecified atom stereocenters. The third-order valence-electron chi connectivity index (χ3n) is 3.71. The van der Waals surface area contributed by atoms with E-state index in [4.69, 9.17) is 4.74 Å². The van der Waals surface area contributed by atoms with E-state index >= 15 is 0 Å². The third kappa shape index (κ3) is 3.50. The molecule has 0 spiro atoms. The Labute approximate surface area is 117 Å². The van der Waals surface area contributed by atoms with Gasteiger partial charge in [0.15, 0.2) is 0 Å². The van der Waals surface area contributed by atoms with Crippen LogP contribution in [0.4, 0.5) is 0 Å². The zero-order chi connectivity index (χ0) is 14.0. The number of aryl methyl sites for hydroxylation is 1. The monoisotopic (exact) mass is 261 g/mol. The van der Waals surface area contributed by atoms with Crippen LogP contribution in [0.5, 0.6) is 5.75 Å². The van der Waals surface area contributed by atoms with Gasteiger partial charge in [-0.1, -0.05) is 32.9 Å². The molecule has 2 rings (SSSR count). The number of hydrogen-bond donors (Lipinski definition) is 1. The predicted octanol–water partition coefficient (Wildman–Crippen LogP) is 4.10. The highest BCUT2D eigenvalue weighted by atomic mass is 16.5. The fourth-order valence-corrected chi connectivity index (χ4v) is 2.68. The summed E-state index contributed by atoms with van der Waals surface area (Å²) in [6, 6.07) is 7.04. The van der Waals surface area contributed by atoms with E-state index in [1.165, 1.54) is 11.1 Å². The number of rotatable bonds is 4. The third-order valence-corrected chi connectivity index (χ3v) is 3.71. The fourth-order valence-electron chi connectivity index (χ4n) is 2.68. The van der Waals surface area contributed by atoms with Gasteiger partial charge in [-0.2, -0.15) is 0 Å². The molecule has 106 valence electrons. The summed E-state index contributed by atoms with van der Waals surface area (Å²) >= 11 is 0. The lowest BCUT2D eigenvalue weighted by Gasteiger charge is -2.38. The Kier molecular flexibility index (Phi) is 4.19. The van der Waals surface area contributed by atoms with Gasteiger partial charge in [-0.05, 0) is 44.4 Å². The molecule has 0 aliphatic carbocycles. The van der Waals surface area contributed by atoms with Crippen molar-refractivity contribution >= 4 is 0 Å². The SMILES string of the molecule is CCc1ccc2c(c1)C(NCC(C)C)CC(C)(C)O2. The van der Waals surface area contributed by atoms with Gasteiger partial charge in [-0.3, -0.25) is 0 Å². The van der Waals surface area contributed by atoms with Crippen molar-refractivity contribution in [1.29, 1.82) is 0 Å². The summed E-state index contributed by atoms with van der Waals surface area (Å²) in [6.07, 6.45) is 2.10. The van der Waals surface area contributed by atoms with Gasteiger partial charge in [0.25, 0.3) is 0 Å². The Hall–Kier alpha value is -1.02. The predicted molar refractivity (Wildman–Crippen MR) is 80.7 cm³/mol. The van der Waals surface area contributed by atoms with Crippen molar-refractivity contribution in [2.24, 2.45) is 5.92 Å². The minimum Gasteiger partial charge on any atom is -0.487 e. The molecule has 1 heterocycles. The lowest BCUT2D eigenvalue weighted by atomic mass is 9.88. The summed E-state index contributed by atoms with van der Waals surface area (Å²) in [5, 5.41) is 3.70. The van der Waals surface area contributed by atoms with E-state index in [0.717, 1.165) is 25.1 Å². The van der Waals surface area contributed by atoms with E-state index in [1.807, 2.05) is 0 Å². The normalized spacial score (nSPS) is 21.1. The zero-order valence-corrected chi connectivity index (χ0v) is 12.9. The van der Waals surface area contributed by atoms with Crippen molar-refractivity contribution in [1.82, 2.24) is 5.32 Å². The molecule has 0 fully saturated rings. The first kappa shape index (κ1) is 14.4. The van der Waals surface area contributed by atoms with E-state index in [2.05, 4.69) is 58.1 Å². The van der Waals surface area contributed by atoms with Crippen LogP contribution in [-0.4, -0.2) is 12.1 Å². The first-order valence-electron chi connectivity index (χ1n) is 7.46. The smallest absolute Gasteiger partial charge is 0.124 e. The van der Waals surface area contributed by atoms with Gasteiger partial charge in [0.1, 0.15) is 11.4 Å². The lowest BCUT2D eigenvalue weighted by molar-refractivity contribution is 0.0654. The van der Waals surface area contributed by atoms with E-state index in [-0.39, 0.29) is 5.60 Å². The summed E-state index contributed by atoms with van der Waals surface area (Å²) in [5.74, 6) is 1.72. The molecular weight excluding hydrogens is 234 g/mol. The molecule has 1 aliphatic heterocycles. The quantitative estimate of drug-likeness (QED) is 0.881. The molecule has 1 aromatic rings. The van der Waals surface area contributed by atoms with Gasteiger partial charge in [0.2, 0.25) is 0 Å². The van der Waals surface area contributed by atoms with Crippen LogP contribution in [0.2, 0.25) is 0 Å². The molecule has 1 aromatic carbocycles. The largest absolute Gasteiger partial charge is 0.487 e. The van der Waals surface area contributed by atoms with Gasteiger partial charge in [-0.15, -0.1) is 0 Å². The molecule has 19 heavy (non-hydrogen) atoms. The second-order valence-corrected chi connectivity index (χ2v) is 6.65. The summed E-state index contributed by atoms with van der Waals surface area (Å²) in [4.78, 5) is 0. The van der Waals surface area contributed by atoms with Crippen molar-refractivity contribution in [2.45, 2.75) is 59.1 Å². The van der Waals surface area contributed by atoms with Gasteiger partial charge >= 0.3 is 0 Å². The number of ether oxygens (including phenoxy) is 1. The molecule has 2 nitrogen and oxygen atoms in total. The molecule has 2 heteroatoms. The Morgan fingerprint density at radius 3 is 2.74 bits per heavy atom. The van der Waals surface area contributed by atoms with Crippen molar-refractivity contribution in [2.75, 3.05) is 6.54 Å². The van der Waals surface area contributed by atoms with Crippen LogP contribution in [0, 0.1) is 5.92 Å². The van der Waals surface area contributed by atoms with Crippen LogP contribution in [0.3, 0.4) is 0 Å². The minimum atomic E-state index is -0.0879. The summed E-state index contributed by atoms with van der Waals surface area (Å²) in [6.45, 7) is 12.1. The Morgan fingerprint density at radius 2 is 2.11 bits per heavy atom. The van der Waals surface area contributed by atoms with Gasteiger partial charge in [-0.25, -0.2) is 0 Å². The van der Waals surface area contributed by atoms with Crippen molar-refractivity contribution in [3.8, 4) is 5.75 Å². The van der Waals surface area contributed by atoms with Crippen LogP contribution in [0.15, 0.2) is 18.2 Å². The number of benzene rings is 1. The molecule has 1 N–H and O–H groups in total. The van der Waals surface area contributed by atoms with Crippen LogP contribution in [0.1, 0.15) is 58.2 Å². The highest BCUT2D eigenvalue weighted by Gasteiger charge is 2.33. The van der Waals surface area contributed by atoms with E-state index < -0.39 is 0 Å². The van der Waals surface area contributed by atoms with Gasteiger partial charge in [0, 0.05) is 18.0 Å². The molecule has 0 amide bonds. The lowest BCUT2D eigenvalue weighted by Crippen LogP contribution is -2.40. The molecule has 0 saturated carbocycles. The van der Waals surface area contributed by atoms with E-state index in [1.54, 1.807) is 0 Å². The van der Waals surface area contributed by atoms with Crippen molar-refractivity contribution in [3.05, 3.63) is 29.3 Å². The average Bonchev–Trinajstić information content (AvgIpc) is 2.34.